The third-order valence-corrected chi connectivity index (χ3v) is 3.75. The molecule has 100 valence electrons. The highest BCUT2D eigenvalue weighted by molar-refractivity contribution is 9.10. The predicted octanol–water partition coefficient (Wildman–Crippen LogP) is 5.33. The molecule has 0 unspecified atom stereocenters. The lowest BCUT2D eigenvalue weighted by molar-refractivity contribution is 0.867. The first-order valence-electron chi connectivity index (χ1n) is 6.47. The zero-order valence-electron chi connectivity index (χ0n) is 11.8. The standard InChI is InChI=1S/C16H19BrN2/c1-10(2)13-7-5-6-12(4)15(13)19-16-14(17)8-11(3)9-18-16/h5-10H,1-4H3,(H,18,19). The number of rotatable bonds is 3. The minimum absolute atomic E-state index is 0.478. The van der Waals surface area contributed by atoms with E-state index in [-0.39, 0.29) is 0 Å². The number of nitrogens with one attached hydrogen (secondary N) is 1. The van der Waals surface area contributed by atoms with Crippen molar-refractivity contribution in [2.75, 3.05) is 5.32 Å². The second-order valence-corrected chi connectivity index (χ2v) is 6.02. The van der Waals surface area contributed by atoms with Gasteiger partial charge in [0.05, 0.1) is 4.47 Å². The number of hydrogen-bond acceptors (Lipinski definition) is 2. The van der Waals surface area contributed by atoms with Gasteiger partial charge in [-0.3, -0.25) is 0 Å². The molecule has 0 bridgehead atoms. The lowest BCUT2D eigenvalue weighted by Gasteiger charge is -2.17. The van der Waals surface area contributed by atoms with Crippen LogP contribution in [0, 0.1) is 13.8 Å². The molecule has 3 heteroatoms. The normalized spacial score (nSPS) is 10.8. The van der Waals surface area contributed by atoms with E-state index in [2.05, 4.69) is 71.3 Å². The Labute approximate surface area is 123 Å². The van der Waals surface area contributed by atoms with Gasteiger partial charge in [-0.05, 0) is 58.5 Å². The number of halogens is 1. The van der Waals surface area contributed by atoms with Crippen molar-refractivity contribution in [2.24, 2.45) is 0 Å². The third kappa shape index (κ3) is 3.16. The first-order chi connectivity index (χ1) is 8.99. The summed E-state index contributed by atoms with van der Waals surface area (Å²) in [6, 6.07) is 8.47. The lowest BCUT2D eigenvalue weighted by atomic mass is 9.98. The molecule has 2 aromatic rings. The molecule has 0 saturated carbocycles. The first-order valence-corrected chi connectivity index (χ1v) is 7.27. The Bertz CT molecular complexity index is 591. The van der Waals surface area contributed by atoms with Crippen LogP contribution in [0.2, 0.25) is 0 Å². The van der Waals surface area contributed by atoms with Crippen molar-refractivity contribution in [3.8, 4) is 0 Å². The van der Waals surface area contributed by atoms with E-state index in [9.17, 15) is 0 Å². The van der Waals surface area contributed by atoms with Crippen molar-refractivity contribution in [3.05, 3.63) is 51.6 Å². The molecule has 0 radical (unpaired) electrons. The smallest absolute Gasteiger partial charge is 0.144 e. The van der Waals surface area contributed by atoms with Gasteiger partial charge in [0.25, 0.3) is 0 Å². The molecule has 2 nitrogen and oxygen atoms in total. The Morgan fingerprint density at radius 1 is 1.21 bits per heavy atom. The number of hydrogen-bond donors (Lipinski definition) is 1. The van der Waals surface area contributed by atoms with Gasteiger partial charge in [0.1, 0.15) is 5.82 Å². The van der Waals surface area contributed by atoms with Gasteiger partial charge in [0.15, 0.2) is 0 Å². The highest BCUT2D eigenvalue weighted by Gasteiger charge is 2.11. The summed E-state index contributed by atoms with van der Waals surface area (Å²) < 4.78 is 0.991. The van der Waals surface area contributed by atoms with Gasteiger partial charge in [-0.25, -0.2) is 4.98 Å². The van der Waals surface area contributed by atoms with Gasteiger partial charge in [-0.15, -0.1) is 0 Å². The summed E-state index contributed by atoms with van der Waals surface area (Å²) in [5, 5.41) is 3.46. The number of aryl methyl sites for hydroxylation is 2. The van der Waals surface area contributed by atoms with Gasteiger partial charge in [0, 0.05) is 11.9 Å². The Morgan fingerprint density at radius 2 is 1.95 bits per heavy atom. The fraction of sp³-hybridized carbons (Fsp3) is 0.312. The summed E-state index contributed by atoms with van der Waals surface area (Å²) in [5.41, 5.74) is 4.86. The summed E-state index contributed by atoms with van der Waals surface area (Å²) in [4.78, 5) is 4.46. The summed E-state index contributed by atoms with van der Waals surface area (Å²) in [5.74, 6) is 1.34. The molecule has 0 aliphatic carbocycles. The van der Waals surface area contributed by atoms with Crippen molar-refractivity contribution in [2.45, 2.75) is 33.6 Å². The molecule has 1 aromatic carbocycles. The number of pyridine rings is 1. The molecule has 0 amide bonds. The predicted molar refractivity (Wildman–Crippen MR) is 85.2 cm³/mol. The maximum atomic E-state index is 4.46. The van der Waals surface area contributed by atoms with Crippen LogP contribution in [0.15, 0.2) is 34.9 Å². The number of benzene rings is 1. The second kappa shape index (κ2) is 5.74. The zero-order chi connectivity index (χ0) is 14.0. The molecule has 0 atom stereocenters. The molecular formula is C16H19BrN2. The minimum atomic E-state index is 0.478. The third-order valence-electron chi connectivity index (χ3n) is 3.15. The molecule has 0 fully saturated rings. The zero-order valence-corrected chi connectivity index (χ0v) is 13.4. The first kappa shape index (κ1) is 14.1. The van der Waals surface area contributed by atoms with Crippen LogP contribution < -0.4 is 5.32 Å². The summed E-state index contributed by atoms with van der Waals surface area (Å²) in [7, 11) is 0. The molecule has 19 heavy (non-hydrogen) atoms. The Kier molecular flexibility index (Phi) is 4.25. The summed E-state index contributed by atoms with van der Waals surface area (Å²) in [6.45, 7) is 8.57. The average Bonchev–Trinajstić information content (AvgIpc) is 2.34. The van der Waals surface area contributed by atoms with Crippen LogP contribution in [-0.4, -0.2) is 4.98 Å². The topological polar surface area (TPSA) is 24.9 Å². The van der Waals surface area contributed by atoms with Crippen molar-refractivity contribution in [3.63, 3.8) is 0 Å². The maximum Gasteiger partial charge on any atom is 0.144 e. The van der Waals surface area contributed by atoms with E-state index in [4.69, 9.17) is 0 Å². The molecule has 2 rings (SSSR count). The van der Waals surface area contributed by atoms with E-state index in [0.717, 1.165) is 21.5 Å². The SMILES string of the molecule is Cc1cnc(Nc2c(C)cccc2C(C)C)c(Br)c1. The van der Waals surface area contributed by atoms with Gasteiger partial charge >= 0.3 is 0 Å². The van der Waals surface area contributed by atoms with E-state index in [1.807, 2.05) is 13.1 Å². The van der Waals surface area contributed by atoms with Gasteiger partial charge < -0.3 is 5.32 Å². The Morgan fingerprint density at radius 3 is 2.58 bits per heavy atom. The van der Waals surface area contributed by atoms with Crippen LogP contribution in [0.3, 0.4) is 0 Å². The monoisotopic (exact) mass is 318 g/mol. The molecule has 1 N–H and O–H groups in total. The van der Waals surface area contributed by atoms with Crippen LogP contribution in [-0.2, 0) is 0 Å². The largest absolute Gasteiger partial charge is 0.339 e. The van der Waals surface area contributed by atoms with Crippen LogP contribution in [0.25, 0.3) is 0 Å². The Balaban J connectivity index is 2.43. The average molecular weight is 319 g/mol. The van der Waals surface area contributed by atoms with Crippen LogP contribution >= 0.6 is 15.9 Å². The molecule has 0 aliphatic rings. The molecule has 0 aliphatic heterocycles. The number of para-hydroxylation sites is 1. The van der Waals surface area contributed by atoms with E-state index in [0.29, 0.717) is 5.92 Å². The molecular weight excluding hydrogens is 300 g/mol. The summed E-state index contributed by atoms with van der Waals surface area (Å²) >= 11 is 3.57. The number of nitrogens with zero attached hydrogens (tertiary/aromatic N) is 1. The van der Waals surface area contributed by atoms with Crippen molar-refractivity contribution >= 4 is 27.4 Å². The summed E-state index contributed by atoms with van der Waals surface area (Å²) in [6.07, 6.45) is 1.88. The van der Waals surface area contributed by atoms with E-state index >= 15 is 0 Å². The number of aromatic nitrogens is 1. The van der Waals surface area contributed by atoms with Gasteiger partial charge in [-0.2, -0.15) is 0 Å². The van der Waals surface area contributed by atoms with Crippen molar-refractivity contribution in [1.29, 1.82) is 0 Å². The second-order valence-electron chi connectivity index (χ2n) is 5.16. The van der Waals surface area contributed by atoms with E-state index < -0.39 is 0 Å². The fourth-order valence-electron chi connectivity index (χ4n) is 2.09. The van der Waals surface area contributed by atoms with Crippen LogP contribution in [0.4, 0.5) is 11.5 Å². The highest BCUT2D eigenvalue weighted by atomic mass is 79.9. The van der Waals surface area contributed by atoms with Gasteiger partial charge in [0.2, 0.25) is 0 Å². The van der Waals surface area contributed by atoms with Crippen molar-refractivity contribution in [1.82, 2.24) is 4.98 Å². The van der Waals surface area contributed by atoms with Crippen LogP contribution in [0.5, 0.6) is 0 Å². The fourth-order valence-corrected chi connectivity index (χ4v) is 2.65. The maximum absolute atomic E-state index is 4.46. The molecule has 1 heterocycles. The van der Waals surface area contributed by atoms with E-state index in [1.165, 1.54) is 11.1 Å². The lowest BCUT2D eigenvalue weighted by Crippen LogP contribution is -2.02. The molecule has 1 aromatic heterocycles. The highest BCUT2D eigenvalue weighted by Crippen LogP contribution is 2.32. The molecule has 0 spiro atoms. The van der Waals surface area contributed by atoms with E-state index in [1.54, 1.807) is 0 Å². The molecule has 0 saturated heterocycles. The van der Waals surface area contributed by atoms with Crippen molar-refractivity contribution < 1.29 is 0 Å². The van der Waals surface area contributed by atoms with Gasteiger partial charge in [-0.1, -0.05) is 32.0 Å². The minimum Gasteiger partial charge on any atom is -0.339 e. The Hall–Kier alpha value is -1.35. The number of anilines is 2. The quantitative estimate of drug-likeness (QED) is 0.827. The van der Waals surface area contributed by atoms with Crippen LogP contribution in [0.1, 0.15) is 36.5 Å².